The largest absolute Gasteiger partial charge is 0.423 e. The van der Waals surface area contributed by atoms with Gasteiger partial charge in [0.1, 0.15) is 5.58 Å². The van der Waals surface area contributed by atoms with Crippen LogP contribution in [-0.4, -0.2) is 18.0 Å². The molecule has 0 aliphatic heterocycles. The van der Waals surface area contributed by atoms with E-state index in [9.17, 15) is 4.79 Å². The Kier molecular flexibility index (Phi) is 4.45. The molecule has 2 aromatic rings. The minimum absolute atomic E-state index is 0.265. The predicted molar refractivity (Wildman–Crippen MR) is 88.5 cm³/mol. The van der Waals surface area contributed by atoms with Gasteiger partial charge in [0.15, 0.2) is 0 Å². The number of nitrogens with zero attached hydrogens (tertiary/aromatic N) is 1. The second-order valence-electron chi connectivity index (χ2n) is 5.91. The maximum absolute atomic E-state index is 11.8. The molecule has 1 aromatic carbocycles. The zero-order valence-corrected chi connectivity index (χ0v) is 13.9. The fourth-order valence-corrected chi connectivity index (χ4v) is 3.13. The highest BCUT2D eigenvalue weighted by molar-refractivity contribution is 9.10. The van der Waals surface area contributed by atoms with Crippen LogP contribution in [0.1, 0.15) is 31.7 Å². The SMILES string of the molecule is CCCN(Cc1cc(=O)oc2cc(Br)ccc12)CC1CC1. The van der Waals surface area contributed by atoms with Crippen molar-refractivity contribution in [3.05, 3.63) is 44.7 Å². The minimum atomic E-state index is -0.265. The van der Waals surface area contributed by atoms with Crippen molar-refractivity contribution in [1.82, 2.24) is 4.90 Å². The van der Waals surface area contributed by atoms with Crippen molar-refractivity contribution in [3.63, 3.8) is 0 Å². The van der Waals surface area contributed by atoms with E-state index in [0.29, 0.717) is 5.58 Å². The Morgan fingerprint density at radius 2 is 2.14 bits per heavy atom. The number of rotatable bonds is 6. The molecule has 0 bridgehead atoms. The topological polar surface area (TPSA) is 33.5 Å². The quantitative estimate of drug-likeness (QED) is 0.733. The molecule has 3 rings (SSSR count). The fraction of sp³-hybridized carbons (Fsp3) is 0.471. The first-order valence-corrected chi connectivity index (χ1v) is 8.39. The van der Waals surface area contributed by atoms with Crippen LogP contribution in [0.15, 0.2) is 37.9 Å². The Hall–Kier alpha value is -1.13. The molecule has 0 N–H and O–H groups in total. The van der Waals surface area contributed by atoms with Crippen LogP contribution in [-0.2, 0) is 6.54 Å². The van der Waals surface area contributed by atoms with E-state index in [1.54, 1.807) is 6.07 Å². The van der Waals surface area contributed by atoms with Crippen molar-refractivity contribution in [2.75, 3.05) is 13.1 Å². The normalized spacial score (nSPS) is 15.0. The third-order valence-electron chi connectivity index (χ3n) is 3.94. The van der Waals surface area contributed by atoms with Crippen LogP contribution < -0.4 is 5.63 Å². The van der Waals surface area contributed by atoms with Gasteiger partial charge in [-0.15, -0.1) is 0 Å². The summed E-state index contributed by atoms with van der Waals surface area (Å²) in [6, 6.07) is 7.53. The van der Waals surface area contributed by atoms with Crippen LogP contribution in [0.3, 0.4) is 0 Å². The van der Waals surface area contributed by atoms with E-state index < -0.39 is 0 Å². The Morgan fingerprint density at radius 1 is 1.33 bits per heavy atom. The Morgan fingerprint density at radius 3 is 2.86 bits per heavy atom. The van der Waals surface area contributed by atoms with Gasteiger partial charge in [0.25, 0.3) is 0 Å². The average Bonchev–Trinajstić information content (AvgIpc) is 3.22. The van der Waals surface area contributed by atoms with Gasteiger partial charge in [-0.25, -0.2) is 4.79 Å². The smallest absolute Gasteiger partial charge is 0.336 e. The van der Waals surface area contributed by atoms with Crippen molar-refractivity contribution in [1.29, 1.82) is 0 Å². The molecule has 4 heteroatoms. The Balaban J connectivity index is 1.92. The van der Waals surface area contributed by atoms with E-state index in [2.05, 4.69) is 27.8 Å². The molecule has 0 radical (unpaired) electrons. The molecule has 3 nitrogen and oxygen atoms in total. The van der Waals surface area contributed by atoms with Crippen molar-refractivity contribution in [3.8, 4) is 0 Å². The van der Waals surface area contributed by atoms with E-state index in [1.165, 1.54) is 12.8 Å². The van der Waals surface area contributed by atoms with Crippen molar-refractivity contribution in [2.24, 2.45) is 5.92 Å². The summed E-state index contributed by atoms with van der Waals surface area (Å²) in [6.45, 7) is 5.25. The average molecular weight is 350 g/mol. The predicted octanol–water partition coefficient (Wildman–Crippen LogP) is 4.18. The molecule has 1 heterocycles. The molecular weight excluding hydrogens is 330 g/mol. The maximum atomic E-state index is 11.8. The van der Waals surface area contributed by atoms with Crippen LogP contribution in [0.25, 0.3) is 11.0 Å². The fourth-order valence-electron chi connectivity index (χ4n) is 2.79. The van der Waals surface area contributed by atoms with Gasteiger partial charge in [-0.2, -0.15) is 0 Å². The van der Waals surface area contributed by atoms with Gasteiger partial charge in [-0.1, -0.05) is 22.9 Å². The van der Waals surface area contributed by atoms with E-state index in [-0.39, 0.29) is 5.63 Å². The molecule has 21 heavy (non-hydrogen) atoms. The van der Waals surface area contributed by atoms with E-state index >= 15 is 0 Å². The Labute approximate surface area is 133 Å². The molecule has 0 unspecified atom stereocenters. The molecular formula is C17H20BrNO2. The monoisotopic (exact) mass is 349 g/mol. The van der Waals surface area contributed by atoms with Gasteiger partial charge in [0, 0.05) is 29.0 Å². The van der Waals surface area contributed by atoms with E-state index in [4.69, 9.17) is 4.42 Å². The molecule has 0 atom stereocenters. The standard InChI is InChI=1S/C17H20BrNO2/c1-2-7-19(10-12-3-4-12)11-13-8-17(20)21-16-9-14(18)5-6-15(13)16/h5-6,8-9,12H,2-4,7,10-11H2,1H3. The van der Waals surface area contributed by atoms with Gasteiger partial charge in [0.05, 0.1) is 0 Å². The highest BCUT2D eigenvalue weighted by Crippen LogP contribution is 2.30. The third-order valence-corrected chi connectivity index (χ3v) is 4.43. The van der Waals surface area contributed by atoms with Gasteiger partial charge >= 0.3 is 5.63 Å². The lowest BCUT2D eigenvalue weighted by Gasteiger charge is -2.22. The molecule has 1 aromatic heterocycles. The number of hydrogen-bond donors (Lipinski definition) is 0. The summed E-state index contributed by atoms with van der Waals surface area (Å²) in [7, 11) is 0. The second kappa shape index (κ2) is 6.32. The molecule has 1 saturated carbocycles. The second-order valence-corrected chi connectivity index (χ2v) is 6.83. The summed E-state index contributed by atoms with van der Waals surface area (Å²) in [5.41, 5.74) is 1.47. The highest BCUT2D eigenvalue weighted by atomic mass is 79.9. The molecule has 0 saturated heterocycles. The summed E-state index contributed by atoms with van der Waals surface area (Å²) >= 11 is 3.43. The lowest BCUT2D eigenvalue weighted by molar-refractivity contribution is 0.255. The first-order chi connectivity index (χ1) is 10.2. The molecule has 1 aliphatic carbocycles. The van der Waals surface area contributed by atoms with Crippen LogP contribution in [0.2, 0.25) is 0 Å². The summed E-state index contributed by atoms with van der Waals surface area (Å²) in [5, 5.41) is 1.04. The molecule has 0 spiro atoms. The van der Waals surface area contributed by atoms with E-state index in [1.807, 2.05) is 18.2 Å². The summed E-state index contributed by atoms with van der Waals surface area (Å²) in [6.07, 6.45) is 3.84. The number of hydrogen-bond acceptors (Lipinski definition) is 3. The minimum Gasteiger partial charge on any atom is -0.423 e. The molecule has 1 aliphatic rings. The zero-order chi connectivity index (χ0) is 14.8. The summed E-state index contributed by atoms with van der Waals surface area (Å²) in [5.74, 6) is 0.858. The first kappa shape index (κ1) is 14.8. The van der Waals surface area contributed by atoms with Gasteiger partial charge in [-0.3, -0.25) is 4.90 Å². The van der Waals surface area contributed by atoms with Crippen molar-refractivity contribution < 1.29 is 4.42 Å². The highest BCUT2D eigenvalue weighted by Gasteiger charge is 2.24. The lowest BCUT2D eigenvalue weighted by atomic mass is 10.1. The van der Waals surface area contributed by atoms with Crippen LogP contribution in [0.5, 0.6) is 0 Å². The van der Waals surface area contributed by atoms with Gasteiger partial charge < -0.3 is 4.42 Å². The molecule has 112 valence electrons. The third kappa shape index (κ3) is 3.74. The molecule has 1 fully saturated rings. The van der Waals surface area contributed by atoms with E-state index in [0.717, 1.165) is 47.4 Å². The lowest BCUT2D eigenvalue weighted by Crippen LogP contribution is -2.27. The number of halogens is 1. The maximum Gasteiger partial charge on any atom is 0.336 e. The van der Waals surface area contributed by atoms with Crippen LogP contribution in [0.4, 0.5) is 0 Å². The van der Waals surface area contributed by atoms with Crippen molar-refractivity contribution in [2.45, 2.75) is 32.7 Å². The first-order valence-electron chi connectivity index (χ1n) is 7.60. The van der Waals surface area contributed by atoms with Gasteiger partial charge in [0.2, 0.25) is 0 Å². The number of benzene rings is 1. The van der Waals surface area contributed by atoms with Crippen LogP contribution >= 0.6 is 15.9 Å². The summed E-state index contributed by atoms with van der Waals surface area (Å²) in [4.78, 5) is 14.3. The van der Waals surface area contributed by atoms with Crippen LogP contribution in [0, 0.1) is 5.92 Å². The zero-order valence-electron chi connectivity index (χ0n) is 12.3. The molecule has 0 amide bonds. The van der Waals surface area contributed by atoms with Crippen molar-refractivity contribution >= 4 is 26.9 Å². The summed E-state index contributed by atoms with van der Waals surface area (Å²) < 4.78 is 6.24. The Bertz CT molecular complexity index is 691. The van der Waals surface area contributed by atoms with Gasteiger partial charge in [-0.05, 0) is 55.5 Å². The number of fused-ring (bicyclic) bond motifs is 1.